The number of benzene rings is 3. The van der Waals surface area contributed by atoms with Gasteiger partial charge in [0.05, 0.1) is 38.1 Å². The Kier molecular flexibility index (Phi) is 16.6. The predicted octanol–water partition coefficient (Wildman–Crippen LogP) is 9.87. The summed E-state index contributed by atoms with van der Waals surface area (Å²) < 4.78 is 27.2. The van der Waals surface area contributed by atoms with E-state index >= 15 is 0 Å². The van der Waals surface area contributed by atoms with Crippen LogP contribution in [0.5, 0.6) is 17.2 Å². The van der Waals surface area contributed by atoms with Crippen LogP contribution in [0.15, 0.2) is 90.1 Å². The largest absolute Gasteiger partial charge is 0.459 e. The lowest BCUT2D eigenvalue weighted by atomic mass is 9.55. The van der Waals surface area contributed by atoms with Crippen molar-refractivity contribution in [2.75, 3.05) is 46.2 Å². The summed E-state index contributed by atoms with van der Waals surface area (Å²) in [6.07, 6.45) is 15.0. The van der Waals surface area contributed by atoms with Crippen LogP contribution in [-0.4, -0.2) is 95.5 Å². The number of nitrogens with zero attached hydrogens (tertiary/aromatic N) is 2. The fourth-order valence-electron chi connectivity index (χ4n) is 10.8. The normalized spacial score (nSPS) is 24.8. The zero-order valence-electron chi connectivity index (χ0n) is 38.4. The van der Waals surface area contributed by atoms with Gasteiger partial charge in [0.15, 0.2) is 0 Å². The van der Waals surface area contributed by atoms with Gasteiger partial charge in [-0.25, -0.2) is 0 Å². The minimum atomic E-state index is -1.37. The van der Waals surface area contributed by atoms with Crippen LogP contribution < -0.4 is 9.47 Å². The lowest BCUT2D eigenvalue weighted by molar-refractivity contribution is -0.258. The number of fused-ring (bicyclic) bond motifs is 3. The summed E-state index contributed by atoms with van der Waals surface area (Å²) in [7, 11) is 0. The van der Waals surface area contributed by atoms with Crippen LogP contribution in [-0.2, 0) is 19.1 Å². The van der Waals surface area contributed by atoms with Gasteiger partial charge in [-0.15, -0.1) is 6.58 Å². The maximum atomic E-state index is 15.0. The van der Waals surface area contributed by atoms with Crippen LogP contribution in [0.1, 0.15) is 116 Å². The van der Waals surface area contributed by atoms with Gasteiger partial charge in [0.2, 0.25) is 11.7 Å². The molecular weight excluding hydrogens is 809 g/mol. The van der Waals surface area contributed by atoms with Crippen molar-refractivity contribution < 1.29 is 43.9 Å². The Hall–Kier alpha value is -4.26. The lowest BCUT2D eigenvalue weighted by Crippen LogP contribution is -2.70. The Labute approximate surface area is 380 Å². The second kappa shape index (κ2) is 22.3. The number of allylic oxidation sites excluding steroid dienone is 1. The summed E-state index contributed by atoms with van der Waals surface area (Å²) in [4.78, 5) is 23.2. The highest BCUT2D eigenvalue weighted by Gasteiger charge is 2.65. The molecule has 7 rings (SSSR count). The van der Waals surface area contributed by atoms with Gasteiger partial charge in [0.25, 0.3) is 0 Å². The molecule has 0 saturated heterocycles. The molecule has 11 nitrogen and oxygen atoms in total. The average molecular weight is 881 g/mol. The third-order valence-electron chi connectivity index (χ3n) is 13.7. The average Bonchev–Trinajstić information content (AvgIpc) is 3.82. The molecule has 2 fully saturated rings. The molecule has 11 heteroatoms. The van der Waals surface area contributed by atoms with E-state index in [2.05, 4.69) is 43.0 Å². The highest BCUT2D eigenvalue weighted by molar-refractivity contribution is 6.03. The maximum absolute atomic E-state index is 15.0. The molecule has 3 aromatic rings. The number of amides is 1. The standard InChI is InChI=1S/C53H72N2O9/c1-5-30-61-53-48(55(26-31-60-32-29-58)49(59)25-20-37-14-6-7-15-37)36-46(54-64-52(2,3)4)44-34-40(18-10-12-27-56)43(19-11-13-28-57)50(51(44)53)45-35-42(23-24-47(45)63-53)62-41-22-21-38-16-8-9-17-39(38)33-41/h5,8-9,16-17,21-24,33-35,37,40,43,48,50-51,56-58H,1,6-7,10-15,18-20,25-32,36H2,2-4H3. The smallest absolute Gasteiger partial charge is 0.239 e. The molecule has 2 saturated carbocycles. The molecule has 1 amide bonds. The van der Waals surface area contributed by atoms with Gasteiger partial charge in [-0.05, 0) is 117 Å². The molecule has 6 unspecified atom stereocenters. The van der Waals surface area contributed by atoms with Crippen LogP contribution >= 0.6 is 0 Å². The van der Waals surface area contributed by atoms with Crippen LogP contribution in [0, 0.1) is 23.7 Å². The molecule has 0 radical (unpaired) electrons. The van der Waals surface area contributed by atoms with Crippen LogP contribution in [0.25, 0.3) is 10.8 Å². The summed E-state index contributed by atoms with van der Waals surface area (Å²) in [5.74, 6) is 0.798. The van der Waals surface area contributed by atoms with Gasteiger partial charge in [-0.1, -0.05) is 86.2 Å². The number of rotatable bonds is 23. The molecule has 0 spiro atoms. The van der Waals surface area contributed by atoms with Crippen molar-refractivity contribution in [2.45, 2.75) is 128 Å². The zero-order valence-corrected chi connectivity index (χ0v) is 38.4. The molecule has 3 N–H and O–H groups in total. The van der Waals surface area contributed by atoms with Gasteiger partial charge < -0.3 is 44.0 Å². The van der Waals surface area contributed by atoms with E-state index in [0.717, 1.165) is 78.3 Å². The number of hydrogen-bond acceptors (Lipinski definition) is 10. The van der Waals surface area contributed by atoms with E-state index in [1.807, 2.05) is 56.0 Å². The number of aliphatic hydroxyl groups excluding tert-OH is 3. The first-order chi connectivity index (χ1) is 31.1. The van der Waals surface area contributed by atoms with Crippen LogP contribution in [0.2, 0.25) is 0 Å². The van der Waals surface area contributed by atoms with Gasteiger partial charge in [0.1, 0.15) is 28.9 Å². The Morgan fingerprint density at radius 3 is 2.38 bits per heavy atom. The first-order valence-electron chi connectivity index (χ1n) is 24.0. The summed E-state index contributed by atoms with van der Waals surface area (Å²) in [6.45, 7) is 11.0. The van der Waals surface area contributed by atoms with Crippen molar-refractivity contribution in [3.05, 3.63) is 90.5 Å². The van der Waals surface area contributed by atoms with Gasteiger partial charge in [-0.3, -0.25) is 4.79 Å². The third-order valence-corrected chi connectivity index (χ3v) is 13.7. The van der Waals surface area contributed by atoms with Crippen LogP contribution in [0.3, 0.4) is 0 Å². The number of carbonyl (C=O) groups excluding carboxylic acids is 1. The van der Waals surface area contributed by atoms with Crippen molar-refractivity contribution in [2.24, 2.45) is 28.8 Å². The summed E-state index contributed by atoms with van der Waals surface area (Å²) >= 11 is 0. The number of unbranched alkanes of at least 4 members (excludes halogenated alkanes) is 2. The number of aliphatic hydroxyl groups is 3. The number of hydrogen-bond donors (Lipinski definition) is 3. The fourth-order valence-corrected chi connectivity index (χ4v) is 10.8. The van der Waals surface area contributed by atoms with Crippen molar-refractivity contribution in [1.29, 1.82) is 0 Å². The minimum Gasteiger partial charge on any atom is -0.459 e. The van der Waals surface area contributed by atoms with Gasteiger partial charge in [-0.2, -0.15) is 0 Å². The Balaban J connectivity index is 1.41. The van der Waals surface area contributed by atoms with Crippen LogP contribution in [0.4, 0.5) is 0 Å². The molecule has 64 heavy (non-hydrogen) atoms. The van der Waals surface area contributed by atoms with Gasteiger partial charge in [0, 0.05) is 44.1 Å². The number of ether oxygens (including phenoxy) is 4. The number of carbonyl (C=O) groups is 1. The summed E-state index contributed by atoms with van der Waals surface area (Å²) in [5.41, 5.74) is 2.16. The number of oxime groups is 1. The third kappa shape index (κ3) is 11.2. The SMILES string of the molecule is C=CCOC12Oc3ccc(Oc4ccc5ccccc5c4)cc3C3C(CCCCO)C(CCCCO)C=C(C(=NOC(C)(C)C)CC1N(CCOCCO)C(=O)CCC1CCCC1)C32. The maximum Gasteiger partial charge on any atom is 0.239 e. The fraction of sp³-hybridized carbons (Fsp3) is 0.585. The molecule has 0 bridgehead atoms. The Bertz CT molecular complexity index is 2070. The summed E-state index contributed by atoms with van der Waals surface area (Å²) in [6, 6.07) is 19.8. The minimum absolute atomic E-state index is 0.0110. The first kappa shape index (κ1) is 47.7. The van der Waals surface area contributed by atoms with Crippen molar-refractivity contribution >= 4 is 22.4 Å². The van der Waals surface area contributed by atoms with E-state index in [1.165, 1.54) is 12.8 Å². The second-order valence-corrected chi connectivity index (χ2v) is 19.2. The molecule has 4 aliphatic rings. The Morgan fingerprint density at radius 2 is 1.64 bits per heavy atom. The van der Waals surface area contributed by atoms with Crippen molar-refractivity contribution in [3.63, 3.8) is 0 Å². The molecule has 3 aromatic carbocycles. The highest BCUT2D eigenvalue weighted by Crippen LogP contribution is 2.62. The van der Waals surface area contributed by atoms with E-state index in [0.29, 0.717) is 43.1 Å². The zero-order chi connectivity index (χ0) is 45.1. The molecule has 6 atom stereocenters. The van der Waals surface area contributed by atoms with Gasteiger partial charge >= 0.3 is 0 Å². The van der Waals surface area contributed by atoms with E-state index in [4.69, 9.17) is 28.9 Å². The predicted molar refractivity (Wildman–Crippen MR) is 251 cm³/mol. The van der Waals surface area contributed by atoms with E-state index in [9.17, 15) is 20.1 Å². The monoisotopic (exact) mass is 881 g/mol. The topological polar surface area (TPSA) is 140 Å². The second-order valence-electron chi connectivity index (χ2n) is 19.2. The van der Waals surface area contributed by atoms with Crippen molar-refractivity contribution in [1.82, 2.24) is 4.90 Å². The molecule has 0 aromatic heterocycles. The van der Waals surface area contributed by atoms with E-state index < -0.39 is 23.3 Å². The highest BCUT2D eigenvalue weighted by atomic mass is 16.7. The molecule has 3 aliphatic carbocycles. The van der Waals surface area contributed by atoms with Crippen molar-refractivity contribution in [3.8, 4) is 17.2 Å². The molecular formula is C53H72N2O9. The van der Waals surface area contributed by atoms with E-state index in [1.54, 1.807) is 6.08 Å². The summed E-state index contributed by atoms with van der Waals surface area (Å²) in [5, 5.41) is 36.9. The molecule has 1 aliphatic heterocycles. The lowest BCUT2D eigenvalue weighted by Gasteiger charge is -2.60. The van der Waals surface area contributed by atoms with E-state index in [-0.39, 0.29) is 69.8 Å². The quantitative estimate of drug-likeness (QED) is 0.0483. The first-order valence-corrected chi connectivity index (χ1v) is 24.0. The Morgan fingerprint density at radius 1 is 0.906 bits per heavy atom. The molecule has 1 heterocycles. The molecule has 348 valence electrons.